The van der Waals surface area contributed by atoms with Crippen molar-refractivity contribution < 1.29 is 9.13 Å². The van der Waals surface area contributed by atoms with E-state index in [1.807, 2.05) is 42.5 Å². The second-order valence-electron chi connectivity index (χ2n) is 6.56. The Morgan fingerprint density at radius 3 is 2.60 bits per heavy atom. The summed E-state index contributed by atoms with van der Waals surface area (Å²) in [5, 5.41) is 7.73. The number of nitrogens with one attached hydrogen (secondary N) is 2. The lowest BCUT2D eigenvalue weighted by atomic mass is 10.2. The van der Waals surface area contributed by atoms with Gasteiger partial charge in [0.25, 0.3) is 0 Å². The molecule has 2 N–H and O–H groups in total. The Bertz CT molecular complexity index is 1190. The molecule has 0 spiro atoms. The molecule has 30 heavy (non-hydrogen) atoms. The van der Waals surface area contributed by atoms with Gasteiger partial charge in [-0.25, -0.2) is 14.2 Å². The minimum absolute atomic E-state index is 0.277. The molecule has 4 aromatic rings. The Labute approximate surface area is 183 Å². The summed E-state index contributed by atoms with van der Waals surface area (Å²) in [7, 11) is 0. The zero-order chi connectivity index (χ0) is 20.9. The van der Waals surface area contributed by atoms with Gasteiger partial charge < -0.3 is 10.2 Å². The van der Waals surface area contributed by atoms with Crippen molar-refractivity contribution in [2.24, 2.45) is 0 Å². The number of nitrogens with zero attached hydrogens (tertiary/aromatic N) is 2. The number of aromatic amines is 1. The highest BCUT2D eigenvalue weighted by molar-refractivity contribution is 7.71. The number of H-pyrrole nitrogens is 1. The van der Waals surface area contributed by atoms with E-state index in [1.165, 1.54) is 12.1 Å². The Morgan fingerprint density at radius 1 is 1.07 bits per heavy atom. The summed E-state index contributed by atoms with van der Waals surface area (Å²) >= 11 is 11.6. The molecule has 0 amide bonds. The minimum atomic E-state index is -0.277. The first-order valence-corrected chi connectivity index (χ1v) is 10.0. The lowest BCUT2D eigenvalue weighted by Crippen LogP contribution is -2.16. The fourth-order valence-electron chi connectivity index (χ4n) is 2.96. The number of hydrogen-bond acceptors (Lipinski definition) is 4. The standard InChI is InChI=1S/C22H18ClFN4OS/c23-18-8-11-20(29-14-15-6-9-19(24)10-7-15)17(12-18)13-25-28-21(26-27-22(28)30)16-4-2-1-3-5-16/h1-12,25H,13-14H2,(H,27,30). The van der Waals surface area contributed by atoms with Crippen LogP contribution in [0.1, 0.15) is 11.1 Å². The molecule has 1 heterocycles. The van der Waals surface area contributed by atoms with Gasteiger partial charge in [0, 0.05) is 16.1 Å². The molecule has 8 heteroatoms. The zero-order valence-electron chi connectivity index (χ0n) is 15.8. The molecule has 0 aliphatic heterocycles. The van der Waals surface area contributed by atoms with Crippen LogP contribution >= 0.6 is 23.8 Å². The average Bonchev–Trinajstić information content (AvgIpc) is 3.13. The number of benzene rings is 3. The second kappa shape index (κ2) is 9.11. The van der Waals surface area contributed by atoms with Crippen LogP contribution in [-0.4, -0.2) is 14.9 Å². The molecule has 0 bridgehead atoms. The third-order valence-corrected chi connectivity index (χ3v) is 4.97. The van der Waals surface area contributed by atoms with Gasteiger partial charge in [-0.1, -0.05) is 54.1 Å². The highest BCUT2D eigenvalue weighted by Gasteiger charge is 2.11. The van der Waals surface area contributed by atoms with Gasteiger partial charge in [-0.15, -0.1) is 0 Å². The molecule has 0 atom stereocenters. The molecule has 3 aromatic carbocycles. The van der Waals surface area contributed by atoms with Crippen LogP contribution in [-0.2, 0) is 13.2 Å². The molecule has 152 valence electrons. The topological polar surface area (TPSA) is 54.9 Å². The molecule has 4 rings (SSSR count). The highest BCUT2D eigenvalue weighted by atomic mass is 35.5. The van der Waals surface area contributed by atoms with Gasteiger partial charge in [0.1, 0.15) is 18.2 Å². The van der Waals surface area contributed by atoms with Crippen LogP contribution in [0.15, 0.2) is 72.8 Å². The number of ether oxygens (including phenoxy) is 1. The molecule has 0 radical (unpaired) electrons. The summed E-state index contributed by atoms with van der Waals surface area (Å²) in [6.07, 6.45) is 0. The molecule has 0 fully saturated rings. The number of aromatic nitrogens is 3. The number of hydrogen-bond donors (Lipinski definition) is 2. The van der Waals surface area contributed by atoms with Crippen molar-refractivity contribution >= 4 is 23.8 Å². The summed E-state index contributed by atoms with van der Waals surface area (Å²) in [4.78, 5) is 0. The minimum Gasteiger partial charge on any atom is -0.489 e. The van der Waals surface area contributed by atoms with Gasteiger partial charge in [0.05, 0.1) is 6.54 Å². The maximum atomic E-state index is 13.1. The van der Waals surface area contributed by atoms with E-state index in [0.29, 0.717) is 34.5 Å². The van der Waals surface area contributed by atoms with Crippen molar-refractivity contribution in [1.82, 2.24) is 14.9 Å². The van der Waals surface area contributed by atoms with Gasteiger partial charge in [-0.2, -0.15) is 5.10 Å². The lowest BCUT2D eigenvalue weighted by Gasteiger charge is -2.15. The molecule has 0 aliphatic rings. The van der Waals surface area contributed by atoms with Crippen LogP contribution in [0.3, 0.4) is 0 Å². The quantitative estimate of drug-likeness (QED) is 0.361. The Balaban J connectivity index is 1.53. The van der Waals surface area contributed by atoms with Crippen LogP contribution in [0.25, 0.3) is 11.4 Å². The van der Waals surface area contributed by atoms with Crippen LogP contribution in [0.2, 0.25) is 5.02 Å². The van der Waals surface area contributed by atoms with E-state index in [2.05, 4.69) is 15.6 Å². The van der Waals surface area contributed by atoms with Gasteiger partial charge in [-0.05, 0) is 48.1 Å². The monoisotopic (exact) mass is 440 g/mol. The molecule has 0 saturated heterocycles. The van der Waals surface area contributed by atoms with Crippen molar-refractivity contribution in [2.75, 3.05) is 5.43 Å². The van der Waals surface area contributed by atoms with Crippen LogP contribution < -0.4 is 10.2 Å². The average molecular weight is 441 g/mol. The predicted octanol–water partition coefficient (Wildman–Crippen LogP) is 5.72. The molecule has 0 aliphatic carbocycles. The first kappa shape index (κ1) is 20.1. The summed E-state index contributed by atoms with van der Waals surface area (Å²) < 4.78 is 21.2. The number of rotatable bonds is 7. The van der Waals surface area contributed by atoms with E-state index >= 15 is 0 Å². The van der Waals surface area contributed by atoms with E-state index < -0.39 is 0 Å². The van der Waals surface area contributed by atoms with Crippen molar-refractivity contribution in [3.8, 4) is 17.1 Å². The highest BCUT2D eigenvalue weighted by Crippen LogP contribution is 2.25. The molecular weight excluding hydrogens is 423 g/mol. The van der Waals surface area contributed by atoms with E-state index in [4.69, 9.17) is 28.6 Å². The maximum Gasteiger partial charge on any atom is 0.214 e. The van der Waals surface area contributed by atoms with Crippen LogP contribution in [0, 0.1) is 10.6 Å². The molecular formula is C22H18ClFN4OS. The predicted molar refractivity (Wildman–Crippen MR) is 118 cm³/mol. The fourth-order valence-corrected chi connectivity index (χ4v) is 3.35. The largest absolute Gasteiger partial charge is 0.489 e. The van der Waals surface area contributed by atoms with Crippen molar-refractivity contribution in [1.29, 1.82) is 0 Å². The summed E-state index contributed by atoms with van der Waals surface area (Å²) in [5.41, 5.74) is 5.93. The van der Waals surface area contributed by atoms with Crippen LogP contribution in [0.4, 0.5) is 4.39 Å². The molecule has 0 saturated carbocycles. The molecule has 5 nitrogen and oxygen atoms in total. The van der Waals surface area contributed by atoms with Gasteiger partial charge in [0.15, 0.2) is 5.82 Å². The number of halogens is 2. The molecule has 0 unspecified atom stereocenters. The summed E-state index contributed by atoms with van der Waals surface area (Å²) in [6.45, 7) is 0.725. The summed E-state index contributed by atoms with van der Waals surface area (Å²) in [6, 6.07) is 21.4. The SMILES string of the molecule is Fc1ccc(COc2ccc(Cl)cc2CNn2c(-c3ccccc3)n[nH]c2=S)cc1. The lowest BCUT2D eigenvalue weighted by molar-refractivity contribution is 0.303. The maximum absolute atomic E-state index is 13.1. The molecule has 1 aromatic heterocycles. The van der Waals surface area contributed by atoms with Gasteiger partial charge in [0.2, 0.25) is 4.77 Å². The van der Waals surface area contributed by atoms with Gasteiger partial charge >= 0.3 is 0 Å². The van der Waals surface area contributed by atoms with Crippen molar-refractivity contribution in [2.45, 2.75) is 13.2 Å². The van der Waals surface area contributed by atoms with E-state index in [-0.39, 0.29) is 5.82 Å². The summed E-state index contributed by atoms with van der Waals surface area (Å²) in [5.74, 6) is 1.07. The first-order chi connectivity index (χ1) is 14.6. The van der Waals surface area contributed by atoms with E-state index in [0.717, 1.165) is 16.7 Å². The van der Waals surface area contributed by atoms with Gasteiger partial charge in [-0.3, -0.25) is 0 Å². The van der Waals surface area contributed by atoms with Crippen molar-refractivity contribution in [3.63, 3.8) is 0 Å². The smallest absolute Gasteiger partial charge is 0.214 e. The van der Waals surface area contributed by atoms with E-state index in [9.17, 15) is 4.39 Å². The normalized spacial score (nSPS) is 10.7. The van der Waals surface area contributed by atoms with E-state index in [1.54, 1.807) is 22.9 Å². The first-order valence-electron chi connectivity index (χ1n) is 9.22. The van der Waals surface area contributed by atoms with Crippen molar-refractivity contribution in [3.05, 3.63) is 99.5 Å². The Kier molecular flexibility index (Phi) is 6.11. The zero-order valence-corrected chi connectivity index (χ0v) is 17.4. The second-order valence-corrected chi connectivity index (χ2v) is 7.38. The Morgan fingerprint density at radius 2 is 1.83 bits per heavy atom. The third kappa shape index (κ3) is 4.69. The fraction of sp³-hybridized carbons (Fsp3) is 0.0909. The third-order valence-electron chi connectivity index (χ3n) is 4.46. The van der Waals surface area contributed by atoms with Crippen LogP contribution in [0.5, 0.6) is 5.75 Å². The Hall–Kier alpha value is -3.16.